The summed E-state index contributed by atoms with van der Waals surface area (Å²) in [5.41, 5.74) is -0.131. The number of hydrogen-bond donors (Lipinski definition) is 0. The molecule has 0 radical (unpaired) electrons. The molecule has 0 rings (SSSR count). The molecule has 12 heavy (non-hydrogen) atoms. The number of carbonyl (C=O) groups excluding carboxylic acids is 1. The van der Waals surface area contributed by atoms with E-state index in [0.29, 0.717) is 6.23 Å². The Morgan fingerprint density at radius 3 is 2.42 bits per heavy atom. The second kappa shape index (κ2) is 4.07. The standard InChI is InChI=1S/C8H13NO2Si/c1-7(5-9)8(10)11-6-12(2,3)4/h1,6H2,2-4H3. The van der Waals surface area contributed by atoms with Crippen LogP contribution in [-0.2, 0) is 9.53 Å². The average Bonchev–Trinajstić information content (AvgIpc) is 1.97. The van der Waals surface area contributed by atoms with E-state index in [9.17, 15) is 4.79 Å². The van der Waals surface area contributed by atoms with E-state index in [1.807, 2.05) is 0 Å². The monoisotopic (exact) mass is 183 g/mol. The second-order valence-corrected chi connectivity index (χ2v) is 9.14. The third-order valence-corrected chi connectivity index (χ3v) is 2.03. The highest BCUT2D eigenvalue weighted by molar-refractivity contribution is 6.76. The van der Waals surface area contributed by atoms with Gasteiger partial charge in [-0.15, -0.1) is 0 Å². The number of nitrogens with zero attached hydrogens (tertiary/aromatic N) is 1. The van der Waals surface area contributed by atoms with E-state index in [4.69, 9.17) is 10.00 Å². The molecule has 0 N–H and O–H groups in total. The second-order valence-electron chi connectivity index (χ2n) is 3.73. The fourth-order valence-corrected chi connectivity index (χ4v) is 0.979. The van der Waals surface area contributed by atoms with Crippen LogP contribution in [0.5, 0.6) is 0 Å². The molecule has 66 valence electrons. The number of carbonyl (C=O) groups is 1. The molecule has 0 spiro atoms. The minimum atomic E-state index is -1.37. The van der Waals surface area contributed by atoms with Gasteiger partial charge in [-0.25, -0.2) is 4.79 Å². The lowest BCUT2D eigenvalue weighted by molar-refractivity contribution is -0.136. The van der Waals surface area contributed by atoms with Gasteiger partial charge in [0.2, 0.25) is 0 Å². The Hall–Kier alpha value is -1.08. The van der Waals surface area contributed by atoms with Crippen molar-refractivity contribution in [2.75, 3.05) is 6.23 Å². The zero-order chi connectivity index (χ0) is 9.78. The molecule has 0 unspecified atom stereocenters. The Morgan fingerprint density at radius 2 is 2.08 bits per heavy atom. The molecule has 0 aliphatic heterocycles. The van der Waals surface area contributed by atoms with Gasteiger partial charge in [-0.05, 0) is 0 Å². The maximum absolute atomic E-state index is 10.9. The summed E-state index contributed by atoms with van der Waals surface area (Å²) in [4.78, 5) is 10.9. The molecular weight excluding hydrogens is 170 g/mol. The van der Waals surface area contributed by atoms with E-state index in [1.54, 1.807) is 6.07 Å². The third-order valence-electron chi connectivity index (χ3n) is 1.02. The SMILES string of the molecule is C=C(C#N)C(=O)OC[Si](C)(C)C. The molecule has 0 saturated heterocycles. The highest BCUT2D eigenvalue weighted by Crippen LogP contribution is 2.02. The molecule has 4 heteroatoms. The summed E-state index contributed by atoms with van der Waals surface area (Å²) in [6.07, 6.45) is 0.437. The predicted octanol–water partition coefficient (Wildman–Crippen LogP) is 1.49. The maximum Gasteiger partial charge on any atom is 0.347 e. The van der Waals surface area contributed by atoms with Crippen molar-refractivity contribution in [2.24, 2.45) is 0 Å². The van der Waals surface area contributed by atoms with E-state index in [2.05, 4.69) is 26.2 Å². The van der Waals surface area contributed by atoms with Crippen molar-refractivity contribution < 1.29 is 9.53 Å². The van der Waals surface area contributed by atoms with Crippen LogP contribution in [0, 0.1) is 11.3 Å². The molecule has 0 bridgehead atoms. The molecule has 0 aromatic carbocycles. The first-order chi connectivity index (χ1) is 5.37. The molecular formula is C8H13NO2Si. The number of nitriles is 1. The summed E-state index contributed by atoms with van der Waals surface area (Å²) in [6.45, 7) is 9.49. The number of ether oxygens (including phenoxy) is 1. The van der Waals surface area contributed by atoms with Crippen molar-refractivity contribution in [2.45, 2.75) is 19.6 Å². The van der Waals surface area contributed by atoms with Crippen molar-refractivity contribution in [3.05, 3.63) is 12.2 Å². The molecule has 0 fully saturated rings. The van der Waals surface area contributed by atoms with Crippen LogP contribution in [0.4, 0.5) is 0 Å². The van der Waals surface area contributed by atoms with Crippen molar-refractivity contribution in [1.82, 2.24) is 0 Å². The normalized spacial score (nSPS) is 10.2. The van der Waals surface area contributed by atoms with Crippen molar-refractivity contribution in [3.8, 4) is 6.07 Å². The van der Waals surface area contributed by atoms with Crippen LogP contribution in [-0.4, -0.2) is 20.3 Å². The Balaban J connectivity index is 3.91. The summed E-state index contributed by atoms with van der Waals surface area (Å²) in [7, 11) is -1.37. The average molecular weight is 183 g/mol. The van der Waals surface area contributed by atoms with Gasteiger partial charge in [-0.3, -0.25) is 0 Å². The molecule has 0 amide bonds. The van der Waals surface area contributed by atoms with Gasteiger partial charge in [0.25, 0.3) is 0 Å². The van der Waals surface area contributed by atoms with E-state index in [-0.39, 0.29) is 5.57 Å². The summed E-state index contributed by atoms with van der Waals surface area (Å²) < 4.78 is 4.86. The van der Waals surface area contributed by atoms with Gasteiger partial charge < -0.3 is 4.74 Å². The highest BCUT2D eigenvalue weighted by atomic mass is 28.3. The molecule has 0 saturated carbocycles. The van der Waals surface area contributed by atoms with Crippen LogP contribution in [0.25, 0.3) is 0 Å². The maximum atomic E-state index is 10.9. The summed E-state index contributed by atoms with van der Waals surface area (Å²) in [6, 6.07) is 1.65. The van der Waals surface area contributed by atoms with E-state index >= 15 is 0 Å². The number of esters is 1. The predicted molar refractivity (Wildman–Crippen MR) is 49.1 cm³/mol. The smallest absolute Gasteiger partial charge is 0.347 e. The number of hydrogen-bond acceptors (Lipinski definition) is 3. The summed E-state index contributed by atoms with van der Waals surface area (Å²) in [5, 5.41) is 8.30. The fraction of sp³-hybridized carbons (Fsp3) is 0.500. The topological polar surface area (TPSA) is 50.1 Å². The van der Waals surface area contributed by atoms with Crippen molar-refractivity contribution in [1.29, 1.82) is 5.26 Å². The lowest BCUT2D eigenvalue weighted by atomic mass is 10.3. The minimum absolute atomic E-state index is 0.131. The first-order valence-electron chi connectivity index (χ1n) is 3.63. The van der Waals surface area contributed by atoms with E-state index in [0.717, 1.165) is 0 Å². The van der Waals surface area contributed by atoms with Crippen LogP contribution in [0.3, 0.4) is 0 Å². The molecule has 0 aliphatic carbocycles. The van der Waals surface area contributed by atoms with Crippen molar-refractivity contribution in [3.63, 3.8) is 0 Å². The van der Waals surface area contributed by atoms with Gasteiger partial charge in [0.1, 0.15) is 11.6 Å². The van der Waals surface area contributed by atoms with Crippen LogP contribution in [0.15, 0.2) is 12.2 Å². The van der Waals surface area contributed by atoms with Crippen LogP contribution in [0.2, 0.25) is 19.6 Å². The van der Waals surface area contributed by atoms with Gasteiger partial charge in [0.05, 0.1) is 14.3 Å². The molecule has 0 aromatic rings. The molecule has 0 aliphatic rings. The largest absolute Gasteiger partial charge is 0.465 e. The Kier molecular flexibility index (Phi) is 3.70. The molecule has 0 aromatic heterocycles. The number of rotatable bonds is 3. The van der Waals surface area contributed by atoms with Crippen LogP contribution < -0.4 is 0 Å². The lowest BCUT2D eigenvalue weighted by Gasteiger charge is -2.14. The fourth-order valence-electron chi connectivity index (χ4n) is 0.415. The summed E-state index contributed by atoms with van der Waals surface area (Å²) in [5.74, 6) is -0.597. The molecule has 3 nitrogen and oxygen atoms in total. The van der Waals surface area contributed by atoms with Gasteiger partial charge >= 0.3 is 5.97 Å². The Labute approximate surface area is 73.7 Å². The third kappa shape index (κ3) is 4.69. The quantitative estimate of drug-likeness (QED) is 0.288. The van der Waals surface area contributed by atoms with Gasteiger partial charge in [0.15, 0.2) is 0 Å². The lowest BCUT2D eigenvalue weighted by Crippen LogP contribution is -2.30. The Morgan fingerprint density at radius 1 is 1.58 bits per heavy atom. The van der Waals surface area contributed by atoms with Crippen LogP contribution >= 0.6 is 0 Å². The molecule has 0 heterocycles. The van der Waals surface area contributed by atoms with Gasteiger partial charge in [-0.2, -0.15) is 5.26 Å². The Bertz CT molecular complexity index is 234. The molecule has 0 atom stereocenters. The highest BCUT2D eigenvalue weighted by Gasteiger charge is 2.17. The van der Waals surface area contributed by atoms with E-state index < -0.39 is 14.0 Å². The zero-order valence-corrected chi connectivity index (χ0v) is 8.68. The van der Waals surface area contributed by atoms with Crippen LogP contribution in [0.1, 0.15) is 0 Å². The van der Waals surface area contributed by atoms with E-state index in [1.165, 1.54) is 0 Å². The van der Waals surface area contributed by atoms with Gasteiger partial charge in [0, 0.05) is 0 Å². The first-order valence-corrected chi connectivity index (χ1v) is 7.33. The zero-order valence-electron chi connectivity index (χ0n) is 7.68. The first kappa shape index (κ1) is 10.9. The summed E-state index contributed by atoms with van der Waals surface area (Å²) >= 11 is 0. The van der Waals surface area contributed by atoms with Gasteiger partial charge in [-0.1, -0.05) is 26.2 Å². The minimum Gasteiger partial charge on any atom is -0.465 e. The van der Waals surface area contributed by atoms with Crippen molar-refractivity contribution >= 4 is 14.0 Å².